The van der Waals surface area contributed by atoms with Gasteiger partial charge in [0.15, 0.2) is 5.65 Å². The summed E-state index contributed by atoms with van der Waals surface area (Å²) in [7, 11) is 3.71. The number of alkyl halides is 1. The maximum atomic E-state index is 13.7. The number of nitrogens with zero attached hydrogens (tertiary/aromatic N) is 6. The van der Waals surface area contributed by atoms with Crippen LogP contribution in [-0.2, 0) is 4.79 Å². The number of halogens is 1. The fourth-order valence-electron chi connectivity index (χ4n) is 3.17. The number of anilines is 2. The number of nitrogens with one attached hydrogen (secondary N) is 1. The van der Waals surface area contributed by atoms with Crippen LogP contribution in [0.5, 0.6) is 0 Å². The highest BCUT2D eigenvalue weighted by atomic mass is 19.1. The van der Waals surface area contributed by atoms with Gasteiger partial charge in [0.2, 0.25) is 17.8 Å². The summed E-state index contributed by atoms with van der Waals surface area (Å²) in [5, 5.41) is 7.10. The van der Waals surface area contributed by atoms with Crippen molar-refractivity contribution in [1.82, 2.24) is 24.9 Å². The first-order chi connectivity index (χ1) is 12.4. The molecule has 0 spiro atoms. The van der Waals surface area contributed by atoms with Crippen molar-refractivity contribution in [3.05, 3.63) is 29.6 Å². The van der Waals surface area contributed by atoms with E-state index in [0.717, 1.165) is 11.1 Å². The number of carbonyl (C=O) groups is 1. The minimum absolute atomic E-state index is 0.0759. The zero-order valence-corrected chi connectivity index (χ0v) is 14.7. The Bertz CT molecular complexity index is 933. The predicted octanol–water partition coefficient (Wildman–Crippen LogP) is 1.16. The molecule has 2 aliphatic heterocycles. The van der Waals surface area contributed by atoms with Crippen molar-refractivity contribution in [2.45, 2.75) is 19.0 Å². The van der Waals surface area contributed by atoms with E-state index in [4.69, 9.17) is 0 Å². The molecule has 2 aromatic rings. The van der Waals surface area contributed by atoms with Crippen molar-refractivity contribution in [1.29, 1.82) is 0 Å². The molecule has 2 saturated heterocycles. The lowest BCUT2D eigenvalue weighted by atomic mass is 10.1. The smallest absolute Gasteiger partial charge is 0.231 e. The first kappa shape index (κ1) is 16.5. The lowest BCUT2D eigenvalue weighted by Crippen LogP contribution is -2.26. The lowest BCUT2D eigenvalue weighted by molar-refractivity contribution is -0.118. The Morgan fingerprint density at radius 3 is 2.85 bits per heavy atom. The third-order valence-electron chi connectivity index (χ3n) is 4.54. The molecule has 8 nitrogen and oxygen atoms in total. The molecule has 0 radical (unpaired) electrons. The molecule has 0 unspecified atom stereocenters. The van der Waals surface area contributed by atoms with Gasteiger partial charge in [-0.15, -0.1) is 0 Å². The van der Waals surface area contributed by atoms with Crippen molar-refractivity contribution >= 4 is 29.5 Å². The van der Waals surface area contributed by atoms with Crippen molar-refractivity contribution in [3.8, 4) is 0 Å². The van der Waals surface area contributed by atoms with Gasteiger partial charge in [-0.05, 0) is 18.1 Å². The van der Waals surface area contributed by atoms with Gasteiger partial charge in [-0.3, -0.25) is 4.79 Å². The van der Waals surface area contributed by atoms with Gasteiger partial charge in [0.05, 0.1) is 19.2 Å². The summed E-state index contributed by atoms with van der Waals surface area (Å²) >= 11 is 0. The summed E-state index contributed by atoms with van der Waals surface area (Å²) in [5.41, 5.74) is 2.78. The van der Waals surface area contributed by atoms with Crippen molar-refractivity contribution in [2.24, 2.45) is 0 Å². The Hall–Kier alpha value is -2.97. The normalized spacial score (nSPS) is 21.9. The molecule has 4 heterocycles. The van der Waals surface area contributed by atoms with E-state index in [0.29, 0.717) is 42.8 Å². The number of allylic oxidation sites excluding steroid dienone is 1. The third kappa shape index (κ3) is 2.79. The van der Waals surface area contributed by atoms with Gasteiger partial charge in [-0.1, -0.05) is 6.58 Å². The second-order valence-electron chi connectivity index (χ2n) is 6.76. The highest BCUT2D eigenvalue weighted by Crippen LogP contribution is 2.27. The molecule has 1 amide bonds. The molecule has 26 heavy (non-hydrogen) atoms. The second-order valence-corrected chi connectivity index (χ2v) is 6.76. The van der Waals surface area contributed by atoms with E-state index in [1.54, 1.807) is 15.6 Å². The Morgan fingerprint density at radius 1 is 1.42 bits per heavy atom. The van der Waals surface area contributed by atoms with Crippen LogP contribution in [0.3, 0.4) is 0 Å². The van der Waals surface area contributed by atoms with E-state index in [-0.39, 0.29) is 12.3 Å². The molecule has 2 fully saturated rings. The molecule has 0 aromatic carbocycles. The Morgan fingerprint density at radius 2 is 2.23 bits per heavy atom. The fourth-order valence-corrected chi connectivity index (χ4v) is 3.17. The van der Waals surface area contributed by atoms with Crippen LogP contribution < -0.4 is 15.1 Å². The van der Waals surface area contributed by atoms with Gasteiger partial charge in [0.25, 0.3) is 0 Å². The van der Waals surface area contributed by atoms with E-state index in [9.17, 15) is 9.18 Å². The minimum Gasteiger partial charge on any atom is -0.347 e. The summed E-state index contributed by atoms with van der Waals surface area (Å²) in [6, 6.07) is 0. The van der Waals surface area contributed by atoms with Crippen molar-refractivity contribution in [2.75, 3.05) is 37.0 Å². The zero-order chi connectivity index (χ0) is 18.4. The largest absolute Gasteiger partial charge is 0.347 e. The lowest BCUT2D eigenvalue weighted by Gasteiger charge is -2.19. The van der Waals surface area contributed by atoms with Crippen molar-refractivity contribution in [3.63, 3.8) is 0 Å². The summed E-state index contributed by atoms with van der Waals surface area (Å²) in [6.07, 6.45) is 3.44. The molecular weight excluding hydrogens is 337 g/mol. The van der Waals surface area contributed by atoms with Gasteiger partial charge in [0.1, 0.15) is 6.17 Å². The van der Waals surface area contributed by atoms with Gasteiger partial charge in [-0.25, -0.2) is 4.39 Å². The van der Waals surface area contributed by atoms with Crippen LogP contribution in [0.2, 0.25) is 0 Å². The number of aromatic nitrogens is 4. The molecule has 2 aliphatic rings. The number of fused-ring (bicyclic) bond motifs is 1. The monoisotopic (exact) mass is 357 g/mol. The van der Waals surface area contributed by atoms with E-state index in [1.165, 1.54) is 0 Å². The summed E-state index contributed by atoms with van der Waals surface area (Å²) in [6.45, 7) is 4.75. The summed E-state index contributed by atoms with van der Waals surface area (Å²) in [5.74, 6) is 1.02. The average Bonchev–Trinajstić information content (AvgIpc) is 3.27. The van der Waals surface area contributed by atoms with Crippen LogP contribution in [0.15, 0.2) is 24.0 Å². The van der Waals surface area contributed by atoms with E-state index >= 15 is 0 Å². The van der Waals surface area contributed by atoms with Crippen LogP contribution in [-0.4, -0.2) is 58.8 Å². The molecule has 2 aromatic heterocycles. The third-order valence-corrected chi connectivity index (χ3v) is 4.54. The van der Waals surface area contributed by atoms with Gasteiger partial charge in [0, 0.05) is 31.9 Å². The van der Waals surface area contributed by atoms with Crippen LogP contribution in [0.1, 0.15) is 18.4 Å². The molecule has 136 valence electrons. The number of rotatable bonds is 3. The van der Waals surface area contributed by atoms with Crippen molar-refractivity contribution < 1.29 is 9.18 Å². The molecule has 4 rings (SSSR count). The van der Waals surface area contributed by atoms with Gasteiger partial charge >= 0.3 is 0 Å². The minimum atomic E-state index is -0.862. The summed E-state index contributed by atoms with van der Waals surface area (Å²) in [4.78, 5) is 24.4. The van der Waals surface area contributed by atoms with Crippen LogP contribution in [0.4, 0.5) is 16.3 Å². The van der Waals surface area contributed by atoms with E-state index < -0.39 is 6.17 Å². The van der Waals surface area contributed by atoms with Crippen LogP contribution in [0.25, 0.3) is 11.7 Å². The highest BCUT2D eigenvalue weighted by Gasteiger charge is 2.27. The SMILES string of the molecule is C=C1NC(=O)C/C1=C\c1cnn2c(N3CC[C@@H](F)C3)nc(N(C)C)nc12. The molecule has 0 aliphatic carbocycles. The summed E-state index contributed by atoms with van der Waals surface area (Å²) < 4.78 is 15.3. The maximum Gasteiger partial charge on any atom is 0.231 e. The predicted molar refractivity (Wildman–Crippen MR) is 96.7 cm³/mol. The Labute approximate surface area is 150 Å². The molecular formula is C17H20FN7O. The second kappa shape index (κ2) is 6.08. The zero-order valence-electron chi connectivity index (χ0n) is 14.7. The number of amides is 1. The highest BCUT2D eigenvalue weighted by molar-refractivity contribution is 5.89. The Kier molecular flexibility index (Phi) is 3.86. The van der Waals surface area contributed by atoms with E-state index in [1.807, 2.05) is 25.1 Å². The number of carbonyl (C=O) groups excluding carboxylic acids is 1. The quantitative estimate of drug-likeness (QED) is 0.888. The molecule has 0 saturated carbocycles. The molecule has 9 heteroatoms. The number of hydrogen-bond donors (Lipinski definition) is 1. The van der Waals surface area contributed by atoms with Crippen LogP contribution >= 0.6 is 0 Å². The molecule has 0 bridgehead atoms. The fraction of sp³-hybridized carbons (Fsp3) is 0.412. The first-order valence-electron chi connectivity index (χ1n) is 8.44. The first-order valence-corrected chi connectivity index (χ1v) is 8.44. The van der Waals surface area contributed by atoms with E-state index in [2.05, 4.69) is 27.0 Å². The maximum absolute atomic E-state index is 13.7. The standard InChI is InChI=1S/C17H20FN7O/c1-10-11(7-14(26)20-10)6-12-8-19-25-15(12)21-16(23(2)3)22-17(25)24-5-4-13(18)9-24/h6,8,13H,1,4-5,7,9H2,2-3H3,(H,20,26)/b11-6+/t13-/m1/s1. The topological polar surface area (TPSA) is 78.7 Å². The Balaban J connectivity index is 1.84. The van der Waals surface area contributed by atoms with Crippen LogP contribution in [0, 0.1) is 0 Å². The van der Waals surface area contributed by atoms with Gasteiger partial charge in [-0.2, -0.15) is 19.6 Å². The average molecular weight is 357 g/mol. The van der Waals surface area contributed by atoms with Gasteiger partial charge < -0.3 is 15.1 Å². The number of hydrogen-bond acceptors (Lipinski definition) is 6. The molecule has 1 atom stereocenters. The molecule has 1 N–H and O–H groups in total.